The Morgan fingerprint density at radius 3 is 2.71 bits per heavy atom. The van der Waals surface area contributed by atoms with Gasteiger partial charge in [0.1, 0.15) is 6.33 Å². The van der Waals surface area contributed by atoms with Crippen molar-refractivity contribution in [2.45, 2.75) is 6.18 Å². The first-order chi connectivity index (χ1) is 6.48. The van der Waals surface area contributed by atoms with Gasteiger partial charge in [-0.05, 0) is 6.07 Å². The fourth-order valence-electron chi connectivity index (χ4n) is 1.04. The second-order valence-corrected chi connectivity index (χ2v) is 3.01. The van der Waals surface area contributed by atoms with Gasteiger partial charge >= 0.3 is 6.18 Å². The summed E-state index contributed by atoms with van der Waals surface area (Å²) in [7, 11) is 0. The third kappa shape index (κ3) is 1.41. The van der Waals surface area contributed by atoms with Crippen molar-refractivity contribution in [2.75, 3.05) is 0 Å². The van der Waals surface area contributed by atoms with Crippen LogP contribution < -0.4 is 0 Å². The first kappa shape index (κ1) is 9.26. The first-order valence-electron chi connectivity index (χ1n) is 3.54. The lowest BCUT2D eigenvalue weighted by Gasteiger charge is -2.06. The average molecular weight is 222 g/mol. The molecule has 0 atom stereocenters. The van der Waals surface area contributed by atoms with Gasteiger partial charge in [0, 0.05) is 6.20 Å². The number of aromatic nitrogens is 3. The molecule has 0 unspecified atom stereocenters. The molecule has 3 nitrogen and oxygen atoms in total. The Morgan fingerprint density at radius 2 is 2.07 bits per heavy atom. The molecule has 7 heteroatoms. The number of rotatable bonds is 0. The summed E-state index contributed by atoms with van der Waals surface area (Å²) in [6, 6.07) is 0.825. The maximum Gasteiger partial charge on any atom is 0.417 e. The SMILES string of the molecule is FC(F)(F)c1cc(Cl)c2ncnn2c1. The molecular weight excluding hydrogens is 219 g/mol. The second kappa shape index (κ2) is 2.84. The van der Waals surface area contributed by atoms with Crippen molar-refractivity contribution < 1.29 is 13.2 Å². The Labute approximate surface area is 81.1 Å². The van der Waals surface area contributed by atoms with Gasteiger partial charge in [0.25, 0.3) is 0 Å². The standard InChI is InChI=1S/C7H3ClF3N3/c8-5-1-4(7(9,10)11)2-14-6(5)12-3-13-14/h1-3H. The summed E-state index contributed by atoms with van der Waals surface area (Å²) in [6.07, 6.45) is -2.45. The topological polar surface area (TPSA) is 30.2 Å². The van der Waals surface area contributed by atoms with Crippen molar-refractivity contribution in [3.8, 4) is 0 Å². The summed E-state index contributed by atoms with van der Waals surface area (Å²) in [5.41, 5.74) is -0.639. The smallest absolute Gasteiger partial charge is 0.219 e. The van der Waals surface area contributed by atoms with Gasteiger partial charge in [-0.2, -0.15) is 18.3 Å². The molecule has 2 aromatic rings. The molecule has 0 saturated heterocycles. The highest BCUT2D eigenvalue weighted by Gasteiger charge is 2.31. The summed E-state index contributed by atoms with van der Waals surface area (Å²) in [5.74, 6) is 0. The fraction of sp³-hybridized carbons (Fsp3) is 0.143. The van der Waals surface area contributed by atoms with Gasteiger partial charge in [-0.1, -0.05) is 11.6 Å². The highest BCUT2D eigenvalue weighted by Crippen LogP contribution is 2.31. The van der Waals surface area contributed by atoms with Crippen molar-refractivity contribution in [2.24, 2.45) is 0 Å². The predicted octanol–water partition coefficient (Wildman–Crippen LogP) is 2.40. The lowest BCUT2D eigenvalue weighted by atomic mass is 10.3. The molecular formula is C7H3ClF3N3. The molecule has 2 rings (SSSR count). The van der Waals surface area contributed by atoms with E-state index in [1.54, 1.807) is 0 Å². The fourth-order valence-corrected chi connectivity index (χ4v) is 1.29. The van der Waals surface area contributed by atoms with E-state index >= 15 is 0 Å². The third-order valence-electron chi connectivity index (χ3n) is 1.66. The van der Waals surface area contributed by atoms with Crippen LogP contribution in [0.25, 0.3) is 5.65 Å². The molecule has 74 valence electrons. The van der Waals surface area contributed by atoms with Gasteiger partial charge in [0.15, 0.2) is 5.65 Å². The lowest BCUT2D eigenvalue weighted by molar-refractivity contribution is -0.137. The summed E-state index contributed by atoms with van der Waals surface area (Å²) < 4.78 is 37.8. The Morgan fingerprint density at radius 1 is 1.36 bits per heavy atom. The number of fused-ring (bicyclic) bond motifs is 1. The van der Waals surface area contributed by atoms with E-state index < -0.39 is 11.7 Å². The maximum absolute atomic E-state index is 12.3. The van der Waals surface area contributed by atoms with Gasteiger partial charge in [0.05, 0.1) is 10.6 Å². The number of hydrogen-bond donors (Lipinski definition) is 0. The van der Waals surface area contributed by atoms with Gasteiger partial charge in [-0.3, -0.25) is 0 Å². The van der Waals surface area contributed by atoms with E-state index in [0.29, 0.717) is 0 Å². The third-order valence-corrected chi connectivity index (χ3v) is 1.94. The highest BCUT2D eigenvalue weighted by atomic mass is 35.5. The molecule has 0 aliphatic carbocycles. The van der Waals surface area contributed by atoms with Crippen LogP contribution in [0, 0.1) is 0 Å². The molecule has 14 heavy (non-hydrogen) atoms. The minimum absolute atomic E-state index is 0.0719. The molecule has 0 aliphatic heterocycles. The normalized spacial score (nSPS) is 12.3. The van der Waals surface area contributed by atoms with Crippen molar-refractivity contribution in [3.05, 3.63) is 29.2 Å². The molecule has 0 aromatic carbocycles. The van der Waals surface area contributed by atoms with Crippen LogP contribution in [0.5, 0.6) is 0 Å². The highest BCUT2D eigenvalue weighted by molar-refractivity contribution is 6.33. The maximum atomic E-state index is 12.3. The zero-order chi connectivity index (χ0) is 10.3. The van der Waals surface area contributed by atoms with E-state index in [9.17, 15) is 13.2 Å². The van der Waals surface area contributed by atoms with Crippen LogP contribution in [-0.4, -0.2) is 14.6 Å². The van der Waals surface area contributed by atoms with Crippen LogP contribution in [0.3, 0.4) is 0 Å². The Kier molecular flexibility index (Phi) is 1.88. The number of hydrogen-bond acceptors (Lipinski definition) is 2. The van der Waals surface area contributed by atoms with Gasteiger partial charge in [0.2, 0.25) is 0 Å². The molecule has 0 N–H and O–H groups in total. The van der Waals surface area contributed by atoms with E-state index in [4.69, 9.17) is 11.6 Å². The summed E-state index contributed by atoms with van der Waals surface area (Å²) in [4.78, 5) is 3.69. The molecule has 0 aliphatic rings. The van der Waals surface area contributed by atoms with Gasteiger partial charge < -0.3 is 0 Å². The van der Waals surface area contributed by atoms with Crippen molar-refractivity contribution in [1.29, 1.82) is 0 Å². The molecule has 0 amide bonds. The molecule has 0 fully saturated rings. The van der Waals surface area contributed by atoms with E-state index in [0.717, 1.165) is 23.1 Å². The Bertz CT molecular complexity index is 476. The van der Waals surface area contributed by atoms with Gasteiger partial charge in [-0.25, -0.2) is 9.50 Å². The molecule has 0 saturated carbocycles. The number of nitrogens with zero attached hydrogens (tertiary/aromatic N) is 3. The van der Waals surface area contributed by atoms with Crippen LogP contribution in [0.1, 0.15) is 5.56 Å². The monoisotopic (exact) mass is 221 g/mol. The average Bonchev–Trinajstić information content (AvgIpc) is 2.50. The predicted molar refractivity (Wildman–Crippen MR) is 43.0 cm³/mol. The minimum Gasteiger partial charge on any atom is -0.219 e. The number of alkyl halides is 3. The molecule has 0 spiro atoms. The van der Waals surface area contributed by atoms with Crippen LogP contribution in [0.2, 0.25) is 5.02 Å². The van der Waals surface area contributed by atoms with E-state index in [-0.39, 0.29) is 10.7 Å². The Balaban J connectivity index is 2.70. The summed E-state index contributed by atoms with van der Waals surface area (Å²) >= 11 is 5.59. The second-order valence-electron chi connectivity index (χ2n) is 2.60. The number of pyridine rings is 1. The summed E-state index contributed by atoms with van der Waals surface area (Å²) in [6.45, 7) is 0. The number of halogens is 4. The largest absolute Gasteiger partial charge is 0.417 e. The molecule has 2 aromatic heterocycles. The van der Waals surface area contributed by atoms with E-state index in [1.165, 1.54) is 0 Å². The lowest BCUT2D eigenvalue weighted by Crippen LogP contribution is -2.07. The Hall–Kier alpha value is -1.30. The zero-order valence-electron chi connectivity index (χ0n) is 6.59. The first-order valence-corrected chi connectivity index (χ1v) is 3.92. The molecule has 0 radical (unpaired) electrons. The van der Waals surface area contributed by atoms with Crippen molar-refractivity contribution in [1.82, 2.24) is 14.6 Å². The molecule has 2 heterocycles. The molecule has 0 bridgehead atoms. The van der Waals surface area contributed by atoms with Crippen LogP contribution in [-0.2, 0) is 6.18 Å². The van der Waals surface area contributed by atoms with E-state index in [2.05, 4.69) is 10.1 Å². The van der Waals surface area contributed by atoms with Crippen molar-refractivity contribution >= 4 is 17.2 Å². The van der Waals surface area contributed by atoms with Crippen molar-refractivity contribution in [3.63, 3.8) is 0 Å². The van der Waals surface area contributed by atoms with E-state index in [1.807, 2.05) is 0 Å². The quantitative estimate of drug-likeness (QED) is 0.684. The zero-order valence-corrected chi connectivity index (χ0v) is 7.34. The van der Waals surface area contributed by atoms with Gasteiger partial charge in [-0.15, -0.1) is 0 Å². The minimum atomic E-state index is -4.43. The van der Waals surface area contributed by atoms with Crippen LogP contribution in [0.15, 0.2) is 18.6 Å². The summed E-state index contributed by atoms with van der Waals surface area (Å²) in [5, 5.41) is 3.50. The van der Waals surface area contributed by atoms with Crippen LogP contribution >= 0.6 is 11.6 Å². The van der Waals surface area contributed by atoms with Crippen LogP contribution in [0.4, 0.5) is 13.2 Å².